The molecule has 0 saturated heterocycles. The Balaban J connectivity index is 0.000000102. The number of hydrogen-bond acceptors (Lipinski definition) is 5. The molecule has 23 rings (SSSR count). The van der Waals surface area contributed by atoms with Crippen LogP contribution < -0.4 is 44.3 Å². The molecule has 0 fully saturated rings. The van der Waals surface area contributed by atoms with Crippen molar-refractivity contribution in [1.29, 1.82) is 0 Å². The molecule has 500 valence electrons. The first-order chi connectivity index (χ1) is 51.5. The smallest absolute Gasteiger partial charge is 0.456 e. The van der Waals surface area contributed by atoms with Gasteiger partial charge in [-0.15, -0.1) is 0 Å². The van der Waals surface area contributed by atoms with Gasteiger partial charge in [0.05, 0.1) is 38.8 Å². The summed E-state index contributed by atoms with van der Waals surface area (Å²) >= 11 is 0. The average Bonchev–Trinajstić information content (AvgIpc) is 1.56. The van der Waals surface area contributed by atoms with Crippen molar-refractivity contribution in [1.82, 2.24) is 13.7 Å². The van der Waals surface area contributed by atoms with Gasteiger partial charge in [-0.25, -0.2) is 13.7 Å². The van der Waals surface area contributed by atoms with Crippen molar-refractivity contribution in [3.8, 4) is 56.4 Å². The van der Waals surface area contributed by atoms with Crippen LogP contribution in [0, 0.1) is 41.5 Å². The lowest BCUT2D eigenvalue weighted by Crippen LogP contribution is -2.70. The Hall–Kier alpha value is -12.5. The molecule has 6 aliphatic heterocycles. The zero-order valence-electron chi connectivity index (χ0n) is 59.8. The molecular formula is C91H73B3N9O2+3. The second-order valence-corrected chi connectivity index (χ2v) is 29.4. The van der Waals surface area contributed by atoms with Crippen molar-refractivity contribution in [3.05, 3.63) is 330 Å². The van der Waals surface area contributed by atoms with Crippen LogP contribution in [0.15, 0.2) is 289 Å². The Kier molecular flexibility index (Phi) is 13.5. The molecule has 6 aliphatic rings. The van der Waals surface area contributed by atoms with Crippen LogP contribution in [0.1, 0.15) is 50.1 Å². The highest BCUT2D eigenvalue weighted by Gasteiger charge is 2.54. The number of imidazole rings is 3. The second kappa shape index (κ2) is 23.2. The summed E-state index contributed by atoms with van der Waals surface area (Å²) < 4.78 is 27.4. The van der Waals surface area contributed by atoms with E-state index in [0.29, 0.717) is 0 Å². The normalized spacial score (nSPS) is 13.6. The third-order valence-corrected chi connectivity index (χ3v) is 23.4. The van der Waals surface area contributed by atoms with Crippen LogP contribution in [-0.2, 0) is 19.6 Å². The lowest BCUT2D eigenvalue weighted by molar-refractivity contribution is -0.523. The maximum absolute atomic E-state index is 6.45. The Morgan fingerprint density at radius 1 is 0.333 bits per heavy atom. The van der Waals surface area contributed by atoms with E-state index in [9.17, 15) is 0 Å². The van der Waals surface area contributed by atoms with Crippen LogP contribution in [0.25, 0.3) is 100 Å². The van der Waals surface area contributed by atoms with Crippen LogP contribution in [0.2, 0.25) is 0 Å². The largest absolute Gasteiger partial charge is 0.542 e. The van der Waals surface area contributed by atoms with Gasteiger partial charge in [0.1, 0.15) is 79.1 Å². The molecule has 0 amide bonds. The van der Waals surface area contributed by atoms with E-state index in [0.717, 1.165) is 42.0 Å². The predicted octanol–water partition coefficient (Wildman–Crippen LogP) is 16.9. The fraction of sp³-hybridized carbons (Fsp3) is 0.110. The molecule has 105 heavy (non-hydrogen) atoms. The van der Waals surface area contributed by atoms with Crippen LogP contribution >= 0.6 is 0 Å². The molecule has 5 aromatic heterocycles. The Labute approximate surface area is 610 Å². The maximum Gasteiger partial charge on any atom is 0.542 e. The lowest BCUT2D eigenvalue weighted by atomic mass is 9.59. The van der Waals surface area contributed by atoms with Crippen molar-refractivity contribution in [2.24, 2.45) is 0 Å². The number of benzene rings is 12. The zero-order valence-corrected chi connectivity index (χ0v) is 59.8. The summed E-state index contributed by atoms with van der Waals surface area (Å²) in [4.78, 5) is 7.63. The number of hydrogen-bond donors (Lipinski definition) is 0. The van der Waals surface area contributed by atoms with Crippen LogP contribution in [-0.4, -0.2) is 41.7 Å². The van der Waals surface area contributed by atoms with E-state index >= 15 is 0 Å². The minimum Gasteiger partial charge on any atom is -0.456 e. The molecule has 0 spiro atoms. The molecule has 0 aliphatic carbocycles. The van der Waals surface area contributed by atoms with E-state index in [2.05, 4.69) is 364 Å². The molecule has 0 bridgehead atoms. The van der Waals surface area contributed by atoms with Gasteiger partial charge in [-0.1, -0.05) is 200 Å². The Morgan fingerprint density at radius 2 is 0.724 bits per heavy atom. The first-order valence-electron chi connectivity index (χ1n) is 36.7. The van der Waals surface area contributed by atoms with Gasteiger partial charge in [0.25, 0.3) is 17.5 Å². The summed E-state index contributed by atoms with van der Waals surface area (Å²) in [6.45, 7) is 16.2. The van der Waals surface area contributed by atoms with E-state index in [4.69, 9.17) is 8.83 Å². The monoisotopic (exact) mass is 1360 g/mol. The van der Waals surface area contributed by atoms with Gasteiger partial charge < -0.3 is 23.3 Å². The van der Waals surface area contributed by atoms with Crippen molar-refractivity contribution in [2.75, 3.05) is 21.5 Å². The Morgan fingerprint density at radius 3 is 1.23 bits per heavy atom. The number of aromatic nitrogens is 6. The van der Waals surface area contributed by atoms with E-state index in [1.807, 2.05) is 6.07 Å². The van der Waals surface area contributed by atoms with Gasteiger partial charge in [0, 0.05) is 72.0 Å². The molecule has 11 nitrogen and oxygen atoms in total. The van der Waals surface area contributed by atoms with Gasteiger partial charge in [0.15, 0.2) is 0 Å². The summed E-state index contributed by atoms with van der Waals surface area (Å²) in [5.41, 5.74) is 34.9. The molecule has 11 heterocycles. The molecule has 0 unspecified atom stereocenters. The standard InChI is InChI=1S/C36H29BN3.C30H23BN3O.C25H21BN3O/c1-25-12-9-13-26(2)34(25)37-39-23-22-38-24-29-18-10-21-32(33(29)36(38)39)40(37)35-30(27-14-5-3-6-15-27)19-11-20-31(35)28-16-7-4-8-17-28;1-19-9-8-10-20(2)28(19)31-33-16-15-32-18-21-17-25-27(23-13-6-7-14-24(23)35-25)29(26(21)30(32)33)34(31)22-11-4-3-5-12-22;1-15-7-6-8-16(2)23(15)26-27(3)24-21-17(14-28-11-12-29(26)25(21)28)13-20-22(24)18-9-4-5-10-19(18)30-20/h3-23H,24H2,1-2H3;3-17H,18H2,1-2H3;4-13H,14H2,1-3H3/q3*+1. The van der Waals surface area contributed by atoms with Crippen molar-refractivity contribution in [2.45, 2.75) is 61.2 Å². The van der Waals surface area contributed by atoms with E-state index in [1.165, 1.54) is 173 Å². The molecule has 14 heteroatoms. The van der Waals surface area contributed by atoms with Gasteiger partial charge in [-0.3, -0.25) is 13.4 Å². The zero-order chi connectivity index (χ0) is 70.2. The first kappa shape index (κ1) is 61.2. The van der Waals surface area contributed by atoms with Crippen molar-refractivity contribution >= 4 is 110 Å². The van der Waals surface area contributed by atoms with Crippen molar-refractivity contribution in [3.63, 3.8) is 0 Å². The minimum atomic E-state index is -0.0365. The quantitative estimate of drug-likeness (QED) is 0.149. The maximum atomic E-state index is 6.45. The van der Waals surface area contributed by atoms with Gasteiger partial charge in [-0.2, -0.15) is 0 Å². The second-order valence-electron chi connectivity index (χ2n) is 29.4. The first-order valence-corrected chi connectivity index (χ1v) is 36.7. The number of para-hydroxylation sites is 4. The summed E-state index contributed by atoms with van der Waals surface area (Å²) in [6, 6.07) is 87.4. The van der Waals surface area contributed by atoms with Crippen LogP contribution in [0.3, 0.4) is 0 Å². The van der Waals surface area contributed by atoms with E-state index in [1.54, 1.807) is 0 Å². The molecule has 12 aromatic carbocycles. The Bertz CT molecular complexity index is 6370. The lowest BCUT2D eigenvalue weighted by Gasteiger charge is -2.37. The number of rotatable bonds is 7. The number of nitrogens with zero attached hydrogens (tertiary/aromatic N) is 9. The topological polar surface area (TPSA) is 62.4 Å². The third kappa shape index (κ3) is 8.92. The van der Waals surface area contributed by atoms with Crippen molar-refractivity contribution < 1.29 is 22.3 Å². The number of furan rings is 2. The summed E-state index contributed by atoms with van der Waals surface area (Å²) in [5.74, 6) is 3.88. The predicted molar refractivity (Wildman–Crippen MR) is 429 cm³/mol. The fourth-order valence-electron chi connectivity index (χ4n) is 19.0. The summed E-state index contributed by atoms with van der Waals surface area (Å²) in [6.07, 6.45) is 13.5. The van der Waals surface area contributed by atoms with Gasteiger partial charge in [-0.05, 0) is 136 Å². The number of fused-ring (bicyclic) bond motifs is 8. The molecule has 0 saturated carbocycles. The molecule has 0 radical (unpaired) electrons. The average molecular weight is 1360 g/mol. The number of aryl methyl sites for hydroxylation is 6. The highest BCUT2D eigenvalue weighted by atomic mass is 16.3. The summed E-state index contributed by atoms with van der Waals surface area (Å²) in [7, 11) is 2.24. The molecule has 0 N–H and O–H groups in total. The molecular weight excluding hydrogens is 1280 g/mol. The minimum absolute atomic E-state index is 0.00689. The van der Waals surface area contributed by atoms with E-state index < -0.39 is 0 Å². The SMILES string of the molecule is Cc1cccc(C)c1B1N(C)c2c3c(cc4oc5ccccc5c24)Cn2cc[n+]1c2-3.Cc1cccc(C)c1B1N(c2c(-c3ccccc3)cccc2-c2ccccc2)c2cccc3c2-c2n(cc[n+]21)C3.Cc1cccc(C)c1B1N(c2ccccc2)c2c3c(cc4oc5ccccc5c24)Cn2cc[n+]1c2-3. The van der Waals surface area contributed by atoms with Gasteiger partial charge >= 0.3 is 20.9 Å². The van der Waals surface area contributed by atoms with Gasteiger partial charge in [0.2, 0.25) is 0 Å². The van der Waals surface area contributed by atoms with E-state index in [-0.39, 0.29) is 20.9 Å². The number of anilines is 5. The molecule has 17 aromatic rings. The highest BCUT2D eigenvalue weighted by Crippen LogP contribution is 2.53. The fourth-order valence-corrected chi connectivity index (χ4v) is 19.0. The molecule has 0 atom stereocenters. The van der Waals surface area contributed by atoms with Crippen LogP contribution in [0.5, 0.6) is 0 Å². The third-order valence-electron chi connectivity index (χ3n) is 23.4. The highest BCUT2D eigenvalue weighted by molar-refractivity contribution is 6.74. The van der Waals surface area contributed by atoms with Crippen LogP contribution in [0.4, 0.5) is 28.4 Å². The summed E-state index contributed by atoms with van der Waals surface area (Å²) in [5, 5.41) is 4.78.